The Morgan fingerprint density at radius 1 is 1.20 bits per heavy atom. The van der Waals surface area contributed by atoms with Crippen LogP contribution in [-0.4, -0.2) is 33.4 Å². The molecule has 0 amide bonds. The van der Waals surface area contributed by atoms with E-state index in [2.05, 4.69) is 4.72 Å². The van der Waals surface area contributed by atoms with E-state index in [0.29, 0.717) is 0 Å². The molecule has 0 radical (unpaired) electrons. The van der Waals surface area contributed by atoms with E-state index in [9.17, 15) is 21.6 Å². The highest BCUT2D eigenvalue weighted by Gasteiger charge is 2.25. The zero-order chi connectivity index (χ0) is 11.9. The first kappa shape index (κ1) is 14.7. The summed E-state index contributed by atoms with van der Waals surface area (Å²) in [5, 5.41) is 0. The average molecular weight is 248 g/mol. The molecule has 0 unspecified atom stereocenters. The number of nitrogens with one attached hydrogen (secondary N) is 1. The number of alkyl halides is 3. The summed E-state index contributed by atoms with van der Waals surface area (Å²) in [5.74, 6) is -0.202. The van der Waals surface area contributed by atoms with Gasteiger partial charge in [-0.15, -0.1) is 0 Å². The molecular weight excluding hydrogens is 233 g/mol. The van der Waals surface area contributed by atoms with Crippen molar-refractivity contribution < 1.29 is 21.6 Å². The lowest BCUT2D eigenvalue weighted by Crippen LogP contribution is -2.30. The number of nitrogens with two attached hydrogens (primary N) is 1. The minimum Gasteiger partial charge on any atom is -0.329 e. The first-order chi connectivity index (χ1) is 6.77. The van der Waals surface area contributed by atoms with E-state index in [1.54, 1.807) is 0 Å². The molecule has 0 saturated carbocycles. The molecule has 0 aromatic heterocycles. The van der Waals surface area contributed by atoms with Crippen LogP contribution in [-0.2, 0) is 10.0 Å². The minimum atomic E-state index is -4.17. The van der Waals surface area contributed by atoms with E-state index >= 15 is 0 Å². The van der Waals surface area contributed by atoms with Crippen LogP contribution in [0.15, 0.2) is 0 Å². The van der Waals surface area contributed by atoms with Crippen molar-refractivity contribution in [2.45, 2.75) is 25.4 Å². The Kier molecular flexibility index (Phi) is 6.15. The summed E-state index contributed by atoms with van der Waals surface area (Å²) in [6.45, 7) is 0.0241. The van der Waals surface area contributed by atoms with Gasteiger partial charge in [0.25, 0.3) is 0 Å². The van der Waals surface area contributed by atoms with Crippen LogP contribution in [0, 0.1) is 0 Å². The smallest absolute Gasteiger partial charge is 0.329 e. The largest absolute Gasteiger partial charge is 0.389 e. The van der Waals surface area contributed by atoms with Crippen molar-refractivity contribution in [2.75, 3.05) is 18.8 Å². The van der Waals surface area contributed by atoms with Crippen LogP contribution in [0.2, 0.25) is 0 Å². The zero-order valence-corrected chi connectivity index (χ0v) is 9.00. The first-order valence-corrected chi connectivity index (χ1v) is 6.16. The van der Waals surface area contributed by atoms with Gasteiger partial charge in [0, 0.05) is 19.5 Å². The summed E-state index contributed by atoms with van der Waals surface area (Å²) in [6.07, 6.45) is -4.96. The van der Waals surface area contributed by atoms with Crippen LogP contribution in [0.1, 0.15) is 19.3 Å². The van der Waals surface area contributed by atoms with Gasteiger partial charge in [-0.3, -0.25) is 0 Å². The van der Waals surface area contributed by atoms with Gasteiger partial charge in [-0.2, -0.15) is 13.2 Å². The summed E-state index contributed by atoms with van der Waals surface area (Å²) < 4.78 is 59.2. The quantitative estimate of drug-likeness (QED) is 0.648. The maximum absolute atomic E-state index is 11.7. The molecule has 0 aromatic rings. The predicted octanol–water partition coefficient (Wildman–Crippen LogP) is 0.597. The number of hydrogen-bond acceptors (Lipinski definition) is 3. The third kappa shape index (κ3) is 9.95. The molecule has 0 rings (SSSR count). The van der Waals surface area contributed by atoms with Crippen LogP contribution in [0.3, 0.4) is 0 Å². The second-order valence-electron chi connectivity index (χ2n) is 3.07. The van der Waals surface area contributed by atoms with Gasteiger partial charge in [0.1, 0.15) is 0 Å². The average Bonchev–Trinajstić information content (AvgIpc) is 2.00. The molecule has 0 aliphatic heterocycles. The molecule has 8 heteroatoms. The van der Waals surface area contributed by atoms with Crippen LogP contribution in [0.5, 0.6) is 0 Å². The monoisotopic (exact) mass is 248 g/mol. The van der Waals surface area contributed by atoms with Crippen molar-refractivity contribution in [2.24, 2.45) is 5.73 Å². The Balaban J connectivity index is 3.55. The van der Waals surface area contributed by atoms with Gasteiger partial charge < -0.3 is 5.73 Å². The molecule has 3 N–H and O–H groups in total. The molecule has 0 aromatic carbocycles. The van der Waals surface area contributed by atoms with E-state index < -0.39 is 22.6 Å². The summed E-state index contributed by atoms with van der Waals surface area (Å²) >= 11 is 0. The summed E-state index contributed by atoms with van der Waals surface area (Å²) in [5.41, 5.74) is 5.03. The van der Waals surface area contributed by atoms with Gasteiger partial charge in [-0.25, -0.2) is 13.1 Å². The van der Waals surface area contributed by atoms with Crippen LogP contribution in [0.4, 0.5) is 13.2 Å². The van der Waals surface area contributed by atoms with E-state index in [-0.39, 0.29) is 31.7 Å². The molecule has 0 spiro atoms. The fraction of sp³-hybridized carbons (Fsp3) is 1.00. The molecule has 0 heterocycles. The molecule has 92 valence electrons. The molecule has 0 atom stereocenters. The molecule has 0 aliphatic carbocycles. The predicted molar refractivity (Wildman–Crippen MR) is 50.7 cm³/mol. The maximum atomic E-state index is 11.7. The lowest BCUT2D eigenvalue weighted by atomic mass is 10.2. The zero-order valence-electron chi connectivity index (χ0n) is 8.18. The van der Waals surface area contributed by atoms with Crippen LogP contribution >= 0.6 is 0 Å². The van der Waals surface area contributed by atoms with Crippen molar-refractivity contribution >= 4 is 10.0 Å². The van der Waals surface area contributed by atoms with E-state index in [0.717, 1.165) is 0 Å². The highest BCUT2D eigenvalue weighted by molar-refractivity contribution is 7.89. The van der Waals surface area contributed by atoms with Gasteiger partial charge >= 0.3 is 6.18 Å². The van der Waals surface area contributed by atoms with E-state index in [1.807, 2.05) is 0 Å². The lowest BCUT2D eigenvalue weighted by Gasteiger charge is -2.07. The van der Waals surface area contributed by atoms with Gasteiger partial charge in [0.15, 0.2) is 0 Å². The summed E-state index contributed by atoms with van der Waals surface area (Å²) in [7, 11) is -3.40. The van der Waals surface area contributed by atoms with Gasteiger partial charge in [0.2, 0.25) is 10.0 Å². The van der Waals surface area contributed by atoms with E-state index in [4.69, 9.17) is 5.73 Å². The Labute approximate surface area is 87.1 Å². The third-order valence-electron chi connectivity index (χ3n) is 1.60. The highest BCUT2D eigenvalue weighted by atomic mass is 32.2. The fourth-order valence-corrected chi connectivity index (χ4v) is 1.82. The summed E-state index contributed by atoms with van der Waals surface area (Å²) in [6, 6.07) is 0. The van der Waals surface area contributed by atoms with Gasteiger partial charge in [0.05, 0.1) is 5.75 Å². The number of sulfonamides is 1. The standard InChI is InChI=1S/C7H15F3N2O2S/c8-7(9,10)3-1-2-5-12-15(13,14)6-4-11/h12H,1-6,11H2. The second kappa shape index (κ2) is 6.29. The first-order valence-electron chi connectivity index (χ1n) is 4.51. The lowest BCUT2D eigenvalue weighted by molar-refractivity contribution is -0.135. The third-order valence-corrected chi connectivity index (χ3v) is 3.01. The normalized spacial score (nSPS) is 13.1. The summed E-state index contributed by atoms with van der Waals surface area (Å²) in [4.78, 5) is 0. The van der Waals surface area contributed by atoms with Crippen molar-refractivity contribution in [1.29, 1.82) is 0 Å². The number of rotatable bonds is 7. The molecule has 0 aliphatic rings. The van der Waals surface area contributed by atoms with Crippen LogP contribution < -0.4 is 10.5 Å². The number of hydrogen-bond donors (Lipinski definition) is 2. The van der Waals surface area contributed by atoms with Crippen molar-refractivity contribution in [3.05, 3.63) is 0 Å². The molecule has 0 saturated heterocycles. The Morgan fingerprint density at radius 3 is 2.27 bits per heavy atom. The van der Waals surface area contributed by atoms with E-state index in [1.165, 1.54) is 0 Å². The van der Waals surface area contributed by atoms with Gasteiger partial charge in [-0.1, -0.05) is 0 Å². The molecule has 4 nitrogen and oxygen atoms in total. The van der Waals surface area contributed by atoms with Crippen LogP contribution in [0.25, 0.3) is 0 Å². The molecule has 0 fully saturated rings. The topological polar surface area (TPSA) is 72.2 Å². The molecule has 0 bridgehead atoms. The van der Waals surface area contributed by atoms with Crippen molar-refractivity contribution in [3.63, 3.8) is 0 Å². The highest BCUT2D eigenvalue weighted by Crippen LogP contribution is 2.21. The number of halogens is 3. The molecule has 15 heavy (non-hydrogen) atoms. The second-order valence-corrected chi connectivity index (χ2v) is 5.00. The Morgan fingerprint density at radius 2 is 1.80 bits per heavy atom. The Bertz CT molecular complexity index is 264. The fourth-order valence-electron chi connectivity index (χ4n) is 0.905. The van der Waals surface area contributed by atoms with Crippen molar-refractivity contribution in [3.8, 4) is 0 Å². The van der Waals surface area contributed by atoms with Gasteiger partial charge in [-0.05, 0) is 12.8 Å². The minimum absolute atomic E-state index is 0.00210. The van der Waals surface area contributed by atoms with Crippen molar-refractivity contribution in [1.82, 2.24) is 4.72 Å². The SMILES string of the molecule is NCCS(=O)(=O)NCCCCC(F)(F)F. The maximum Gasteiger partial charge on any atom is 0.389 e. The molecular formula is C7H15F3N2O2S. The Hall–Kier alpha value is -0.340. The number of unbranched alkanes of at least 4 members (excludes halogenated alkanes) is 1.